The van der Waals surface area contributed by atoms with Crippen molar-refractivity contribution in [2.45, 2.75) is 64.5 Å². The van der Waals surface area contributed by atoms with E-state index in [4.69, 9.17) is 23.7 Å². The number of benzene rings is 2. The van der Waals surface area contributed by atoms with Crippen LogP contribution in [0.3, 0.4) is 0 Å². The van der Waals surface area contributed by atoms with Gasteiger partial charge in [-0.2, -0.15) is 0 Å². The quantitative estimate of drug-likeness (QED) is 0.114. The number of hydrogen-bond donors (Lipinski definition) is 4. The highest BCUT2D eigenvalue weighted by atomic mass is 16.7. The Labute approximate surface area is 281 Å². The topological polar surface area (TPSA) is 237 Å². The van der Waals surface area contributed by atoms with Crippen molar-refractivity contribution < 1.29 is 63.1 Å². The van der Waals surface area contributed by atoms with E-state index in [0.29, 0.717) is 0 Å². The van der Waals surface area contributed by atoms with E-state index in [1.165, 1.54) is 61.2 Å². The predicted molar refractivity (Wildman–Crippen MR) is 169 cm³/mol. The van der Waals surface area contributed by atoms with E-state index < -0.39 is 64.9 Å². The summed E-state index contributed by atoms with van der Waals surface area (Å²) in [5.41, 5.74) is -0.972. The highest BCUT2D eigenvalue weighted by molar-refractivity contribution is 5.97. The number of nitro groups is 1. The smallest absolute Gasteiger partial charge is 0.409 e. The number of hydrogen-bond acceptors (Lipinski definition) is 14. The molecule has 0 saturated carbocycles. The zero-order chi connectivity index (χ0) is 36.6. The molecule has 1 heterocycles. The van der Waals surface area contributed by atoms with Gasteiger partial charge in [-0.05, 0) is 50.6 Å². The zero-order valence-electron chi connectivity index (χ0n) is 27.8. The van der Waals surface area contributed by atoms with Crippen LogP contribution < -0.4 is 14.8 Å². The molecule has 4 atom stereocenters. The van der Waals surface area contributed by atoms with Gasteiger partial charge < -0.3 is 54.1 Å². The van der Waals surface area contributed by atoms with Gasteiger partial charge in [0.1, 0.15) is 41.8 Å². The molecule has 3 amide bonds. The number of nitrogens with zero attached hydrogens (tertiary/aromatic N) is 3. The van der Waals surface area contributed by atoms with Crippen LogP contribution in [0.2, 0.25) is 0 Å². The minimum Gasteiger partial charge on any atom is -0.456 e. The van der Waals surface area contributed by atoms with Crippen LogP contribution in [0.4, 0.5) is 21.0 Å². The van der Waals surface area contributed by atoms with Gasteiger partial charge in [-0.3, -0.25) is 14.9 Å². The fourth-order valence-electron chi connectivity index (χ4n) is 4.21. The maximum absolute atomic E-state index is 12.8. The van der Waals surface area contributed by atoms with Crippen molar-refractivity contribution >= 4 is 35.4 Å². The number of nitro benzene ring substituents is 1. The second-order valence-corrected chi connectivity index (χ2v) is 12.1. The van der Waals surface area contributed by atoms with Crippen LogP contribution in [0.25, 0.3) is 0 Å². The van der Waals surface area contributed by atoms with Crippen molar-refractivity contribution in [3.05, 3.63) is 57.6 Å². The molecule has 4 N–H and O–H groups in total. The third-order valence-electron chi connectivity index (χ3n) is 6.81. The fraction of sp³-hybridized carbons (Fsp3) is 0.484. The van der Waals surface area contributed by atoms with Crippen LogP contribution in [0.15, 0.2) is 36.4 Å². The molecule has 0 radical (unpaired) electrons. The first-order valence-corrected chi connectivity index (χ1v) is 14.9. The Kier molecular flexibility index (Phi) is 12.8. The third-order valence-corrected chi connectivity index (χ3v) is 6.81. The number of urea groups is 1. The van der Waals surface area contributed by atoms with Crippen LogP contribution >= 0.6 is 0 Å². The van der Waals surface area contributed by atoms with Crippen molar-refractivity contribution in [1.29, 1.82) is 0 Å². The van der Waals surface area contributed by atoms with Gasteiger partial charge in [0.2, 0.25) is 6.29 Å². The van der Waals surface area contributed by atoms with Gasteiger partial charge >= 0.3 is 29.8 Å². The molecule has 268 valence electrons. The number of carbonyl (C=O) groups is 4. The Morgan fingerprint density at radius 3 is 2.29 bits per heavy atom. The maximum atomic E-state index is 12.8. The molecule has 1 fully saturated rings. The lowest BCUT2D eigenvalue weighted by molar-refractivity contribution is -0.386. The van der Waals surface area contributed by atoms with E-state index in [1.54, 1.807) is 20.8 Å². The van der Waals surface area contributed by atoms with Crippen molar-refractivity contribution in [2.75, 3.05) is 39.1 Å². The lowest BCUT2D eigenvalue weighted by atomic mass is 10.1. The monoisotopic (exact) mass is 692 g/mol. The minimum absolute atomic E-state index is 0.0362. The SMILES string of the molecule is CC(=O)Oc1ccc(NC(=O)N(C)CCN(C)C(=O)OCc2ccc(O[C@@H]3OC[C@@H](O)[C@H](O)[C@H]3O)c([N+](=O)[O-])c2)cc1C(=O)OC(C)(C)C. The molecule has 0 unspecified atom stereocenters. The molecule has 2 aromatic rings. The van der Waals surface area contributed by atoms with Gasteiger partial charge in [-0.25, -0.2) is 14.4 Å². The molecular formula is C31H40N4O14. The Hall–Kier alpha value is -5.04. The van der Waals surface area contributed by atoms with Crippen LogP contribution in [0.5, 0.6) is 11.5 Å². The van der Waals surface area contributed by atoms with Crippen LogP contribution in [0, 0.1) is 10.1 Å². The number of likely N-dealkylation sites (N-methyl/N-ethyl adjacent to an activating group) is 2. The summed E-state index contributed by atoms with van der Waals surface area (Å²) >= 11 is 0. The molecule has 49 heavy (non-hydrogen) atoms. The van der Waals surface area contributed by atoms with Gasteiger partial charge in [0.25, 0.3) is 0 Å². The van der Waals surface area contributed by atoms with E-state index in [0.717, 1.165) is 6.07 Å². The summed E-state index contributed by atoms with van der Waals surface area (Å²) in [6.07, 6.45) is -6.85. The summed E-state index contributed by atoms with van der Waals surface area (Å²) in [4.78, 5) is 63.1. The summed E-state index contributed by atoms with van der Waals surface area (Å²) in [5.74, 6) is -1.73. The number of anilines is 1. The molecule has 1 aliphatic heterocycles. The summed E-state index contributed by atoms with van der Waals surface area (Å²) in [5, 5.41) is 43.8. The van der Waals surface area contributed by atoms with Crippen molar-refractivity contribution in [3.63, 3.8) is 0 Å². The van der Waals surface area contributed by atoms with E-state index >= 15 is 0 Å². The Balaban J connectivity index is 1.55. The van der Waals surface area contributed by atoms with E-state index in [1.807, 2.05) is 0 Å². The Bertz CT molecular complexity index is 1540. The lowest BCUT2D eigenvalue weighted by Gasteiger charge is -2.34. The standard InChI is InChI=1S/C31H40N4O14/c1-17(36)47-23-10-8-19(14-20(23)27(40)49-31(2,3)4)32-29(41)33(5)11-12-34(6)30(42)46-15-18-7-9-24(21(13-18)35(43)44)48-28-26(39)25(38)22(37)16-45-28/h7-10,13-14,22,25-26,28,37-39H,11-12,15-16H2,1-6H3,(H,32,41)/t22-,25+,26-,28+/m1/s1. The first kappa shape index (κ1) is 38.4. The summed E-state index contributed by atoms with van der Waals surface area (Å²) in [7, 11) is 2.90. The molecule has 0 aliphatic carbocycles. The zero-order valence-corrected chi connectivity index (χ0v) is 27.8. The molecule has 2 aromatic carbocycles. The van der Waals surface area contributed by atoms with Crippen LogP contribution in [0.1, 0.15) is 43.6 Å². The maximum Gasteiger partial charge on any atom is 0.409 e. The second-order valence-electron chi connectivity index (χ2n) is 12.1. The average molecular weight is 693 g/mol. The average Bonchev–Trinajstić information content (AvgIpc) is 3.02. The first-order chi connectivity index (χ1) is 22.9. The molecule has 18 nitrogen and oxygen atoms in total. The minimum atomic E-state index is -1.66. The Morgan fingerprint density at radius 1 is 1.00 bits per heavy atom. The number of amides is 3. The fourth-order valence-corrected chi connectivity index (χ4v) is 4.21. The number of aliphatic hydroxyl groups is 3. The lowest BCUT2D eigenvalue weighted by Crippen LogP contribution is -2.54. The number of aliphatic hydroxyl groups excluding tert-OH is 3. The normalized spacial score (nSPS) is 18.9. The number of esters is 2. The van der Waals surface area contributed by atoms with Crippen LogP contribution in [-0.2, 0) is 25.6 Å². The Morgan fingerprint density at radius 2 is 1.65 bits per heavy atom. The second kappa shape index (κ2) is 16.4. The highest BCUT2D eigenvalue weighted by Crippen LogP contribution is 2.31. The first-order valence-electron chi connectivity index (χ1n) is 14.9. The van der Waals surface area contributed by atoms with E-state index in [2.05, 4.69) is 5.32 Å². The molecule has 18 heteroatoms. The van der Waals surface area contributed by atoms with Gasteiger partial charge in [0.05, 0.1) is 11.5 Å². The molecule has 0 spiro atoms. The molecule has 0 bridgehead atoms. The van der Waals surface area contributed by atoms with Gasteiger partial charge in [-0.15, -0.1) is 0 Å². The third kappa shape index (κ3) is 11.0. The summed E-state index contributed by atoms with van der Waals surface area (Å²) in [6, 6.07) is 7.23. The van der Waals surface area contributed by atoms with Gasteiger partial charge in [0, 0.05) is 45.9 Å². The van der Waals surface area contributed by atoms with Gasteiger partial charge in [-0.1, -0.05) is 6.07 Å². The van der Waals surface area contributed by atoms with Crippen molar-refractivity contribution in [3.8, 4) is 11.5 Å². The number of carbonyl (C=O) groups excluding carboxylic acids is 4. The number of rotatable bonds is 11. The highest BCUT2D eigenvalue weighted by Gasteiger charge is 2.40. The predicted octanol–water partition coefficient (Wildman–Crippen LogP) is 2.03. The van der Waals surface area contributed by atoms with Crippen molar-refractivity contribution in [2.24, 2.45) is 0 Å². The van der Waals surface area contributed by atoms with E-state index in [9.17, 15) is 44.6 Å². The van der Waals surface area contributed by atoms with E-state index in [-0.39, 0.29) is 54.6 Å². The number of nitrogens with one attached hydrogen (secondary N) is 1. The molecule has 3 rings (SSSR count). The number of ether oxygens (including phenoxy) is 5. The largest absolute Gasteiger partial charge is 0.456 e. The van der Waals surface area contributed by atoms with Crippen LogP contribution in [-0.4, -0.2) is 118 Å². The molecule has 0 aromatic heterocycles. The summed E-state index contributed by atoms with van der Waals surface area (Å²) in [6.45, 7) is 5.58. The molecular weight excluding hydrogens is 652 g/mol. The molecule has 1 aliphatic rings. The van der Waals surface area contributed by atoms with Crippen molar-refractivity contribution in [1.82, 2.24) is 9.80 Å². The summed E-state index contributed by atoms with van der Waals surface area (Å²) < 4.78 is 26.3. The van der Waals surface area contributed by atoms with Gasteiger partial charge in [0.15, 0.2) is 5.75 Å². The molecule has 1 saturated heterocycles.